The maximum Gasteiger partial charge on any atom is 0.222 e. The topological polar surface area (TPSA) is 109 Å². The van der Waals surface area contributed by atoms with Gasteiger partial charge >= 0.3 is 0 Å². The highest BCUT2D eigenvalue weighted by Crippen LogP contribution is 2.33. The fraction of sp³-hybridized carbons (Fsp3) is 0.600. The Labute approximate surface area is 200 Å². The largest absolute Gasteiger partial charge is 0.493 e. The first-order valence-corrected chi connectivity index (χ1v) is 11.9. The van der Waals surface area contributed by atoms with Gasteiger partial charge in [0, 0.05) is 39.1 Å². The number of hydrogen-bond acceptors (Lipinski definition) is 6. The Morgan fingerprint density at radius 2 is 1.90 bits per heavy atom. The first-order chi connectivity index (χ1) is 14.3. The zero-order valence-corrected chi connectivity index (χ0v) is 21.3. The van der Waals surface area contributed by atoms with Gasteiger partial charge in [-0.15, -0.1) is 24.0 Å². The number of fused-ring (bicyclic) bond motifs is 1. The molecule has 1 atom stereocenters. The fourth-order valence-electron chi connectivity index (χ4n) is 3.89. The molecule has 1 unspecified atom stereocenters. The molecule has 0 spiro atoms. The van der Waals surface area contributed by atoms with Crippen molar-refractivity contribution in [1.82, 2.24) is 15.5 Å². The molecule has 31 heavy (non-hydrogen) atoms. The van der Waals surface area contributed by atoms with E-state index in [1.807, 2.05) is 12.1 Å². The monoisotopic (exact) mass is 566 g/mol. The van der Waals surface area contributed by atoms with E-state index >= 15 is 0 Å². The highest BCUT2D eigenvalue weighted by atomic mass is 127. The van der Waals surface area contributed by atoms with Gasteiger partial charge in [-0.2, -0.15) is 0 Å². The van der Waals surface area contributed by atoms with Crippen LogP contribution in [0.3, 0.4) is 0 Å². The molecular weight excluding hydrogens is 535 g/mol. The van der Waals surface area contributed by atoms with Gasteiger partial charge in [0.15, 0.2) is 27.3 Å². The molecule has 0 radical (unpaired) electrons. The number of carbonyl (C=O) groups excluding carboxylic acids is 1. The summed E-state index contributed by atoms with van der Waals surface area (Å²) in [4.78, 5) is 18.6. The van der Waals surface area contributed by atoms with Crippen LogP contribution in [0, 0.1) is 0 Å². The van der Waals surface area contributed by atoms with Crippen molar-refractivity contribution in [2.75, 3.05) is 45.9 Å². The number of halogens is 1. The lowest BCUT2D eigenvalue weighted by Crippen LogP contribution is -2.45. The number of ether oxygens (including phenoxy) is 2. The van der Waals surface area contributed by atoms with Gasteiger partial charge in [-0.1, -0.05) is 0 Å². The van der Waals surface area contributed by atoms with E-state index < -0.39 is 9.84 Å². The van der Waals surface area contributed by atoms with Gasteiger partial charge in [-0.3, -0.25) is 9.79 Å². The van der Waals surface area contributed by atoms with E-state index in [1.165, 1.54) is 5.56 Å². The summed E-state index contributed by atoms with van der Waals surface area (Å²) >= 11 is 0. The molecule has 1 saturated heterocycles. The number of methoxy groups -OCH3 is 2. The summed E-state index contributed by atoms with van der Waals surface area (Å²) in [5, 5.41) is 6.04. The Morgan fingerprint density at radius 3 is 2.48 bits per heavy atom. The minimum absolute atomic E-state index is 0. The molecule has 0 saturated carbocycles. The van der Waals surface area contributed by atoms with Crippen LogP contribution in [-0.4, -0.2) is 77.1 Å². The number of hydrogen-bond donors (Lipinski definition) is 2. The maximum absolute atomic E-state index is 12.1. The predicted molar refractivity (Wildman–Crippen MR) is 130 cm³/mol. The van der Waals surface area contributed by atoms with Gasteiger partial charge < -0.3 is 25.0 Å². The standard InChI is InChI=1S/C20H30N4O5S.HI/c1-21-20(22-7-4-19(25)23-16-6-9-30(26,27)13-16)24-8-5-14-10-17(28-2)18(29-3)11-15(14)12-24;/h10-11,16H,4-9,12-13H2,1-3H3,(H,21,22)(H,23,25);1H. The van der Waals surface area contributed by atoms with Gasteiger partial charge in [0.1, 0.15) is 0 Å². The number of aliphatic imine (C=N–C) groups is 1. The second-order valence-corrected chi connectivity index (χ2v) is 9.77. The van der Waals surface area contributed by atoms with Crippen molar-refractivity contribution in [3.05, 3.63) is 23.3 Å². The molecule has 0 aromatic heterocycles. The van der Waals surface area contributed by atoms with Crippen LogP contribution in [-0.2, 0) is 27.6 Å². The third-order valence-corrected chi connectivity index (χ3v) is 7.23. The molecule has 1 aromatic carbocycles. The van der Waals surface area contributed by atoms with Crippen molar-refractivity contribution in [3.63, 3.8) is 0 Å². The molecule has 1 fully saturated rings. The molecule has 2 aliphatic rings. The Balaban J connectivity index is 0.00000341. The maximum atomic E-state index is 12.1. The third-order valence-electron chi connectivity index (χ3n) is 5.46. The van der Waals surface area contributed by atoms with Crippen molar-refractivity contribution >= 4 is 45.7 Å². The lowest BCUT2D eigenvalue weighted by atomic mass is 9.99. The lowest BCUT2D eigenvalue weighted by Gasteiger charge is -2.32. The summed E-state index contributed by atoms with van der Waals surface area (Å²) in [6, 6.07) is 3.75. The summed E-state index contributed by atoms with van der Waals surface area (Å²) in [5.74, 6) is 2.19. The van der Waals surface area contributed by atoms with Crippen LogP contribution in [0.25, 0.3) is 0 Å². The van der Waals surface area contributed by atoms with Crippen LogP contribution >= 0.6 is 24.0 Å². The first kappa shape index (κ1) is 25.5. The zero-order valence-electron chi connectivity index (χ0n) is 18.1. The van der Waals surface area contributed by atoms with E-state index in [4.69, 9.17) is 9.47 Å². The smallest absolute Gasteiger partial charge is 0.222 e. The molecule has 2 N–H and O–H groups in total. The number of carbonyl (C=O) groups is 1. The highest BCUT2D eigenvalue weighted by molar-refractivity contribution is 14.0. The molecule has 0 bridgehead atoms. The van der Waals surface area contributed by atoms with E-state index in [0.29, 0.717) is 25.3 Å². The second-order valence-electron chi connectivity index (χ2n) is 7.54. The number of guanidine groups is 1. The Bertz CT molecular complexity index is 922. The number of benzene rings is 1. The molecule has 2 heterocycles. The quantitative estimate of drug-likeness (QED) is 0.300. The Morgan fingerprint density at radius 1 is 1.23 bits per heavy atom. The molecular formula is C20H31IN4O5S. The number of amides is 1. The molecule has 0 aliphatic carbocycles. The Kier molecular flexibility index (Phi) is 9.22. The van der Waals surface area contributed by atoms with Crippen LogP contribution in [0.4, 0.5) is 0 Å². The molecule has 1 amide bonds. The molecule has 2 aliphatic heterocycles. The minimum atomic E-state index is -3.00. The highest BCUT2D eigenvalue weighted by Gasteiger charge is 2.28. The fourth-order valence-corrected chi connectivity index (χ4v) is 5.57. The average molecular weight is 566 g/mol. The molecule has 1 aromatic rings. The van der Waals surface area contributed by atoms with Crippen LogP contribution in [0.15, 0.2) is 17.1 Å². The number of sulfone groups is 1. The molecule has 9 nitrogen and oxygen atoms in total. The molecule has 11 heteroatoms. The predicted octanol–water partition coefficient (Wildman–Crippen LogP) is 0.949. The van der Waals surface area contributed by atoms with E-state index in [9.17, 15) is 13.2 Å². The summed E-state index contributed by atoms with van der Waals surface area (Å²) in [6.07, 6.45) is 1.60. The Hall–Kier alpha value is -1.76. The van der Waals surface area contributed by atoms with Crippen molar-refractivity contribution in [2.45, 2.75) is 31.8 Å². The van der Waals surface area contributed by atoms with E-state index in [0.717, 1.165) is 30.2 Å². The van der Waals surface area contributed by atoms with Gasteiger partial charge in [0.25, 0.3) is 0 Å². The summed E-state index contributed by atoms with van der Waals surface area (Å²) in [5.41, 5.74) is 2.38. The second kappa shape index (κ2) is 11.2. The number of rotatable bonds is 6. The SMILES string of the molecule is CN=C(NCCC(=O)NC1CCS(=O)(=O)C1)N1CCc2cc(OC)c(OC)cc2C1.I. The van der Waals surface area contributed by atoms with Crippen molar-refractivity contribution < 1.29 is 22.7 Å². The van der Waals surface area contributed by atoms with Gasteiger partial charge in [0.2, 0.25) is 5.91 Å². The minimum Gasteiger partial charge on any atom is -0.493 e. The van der Waals surface area contributed by atoms with Gasteiger partial charge in [-0.05, 0) is 36.1 Å². The number of nitrogens with zero attached hydrogens (tertiary/aromatic N) is 2. The van der Waals surface area contributed by atoms with E-state index in [-0.39, 0.29) is 53.9 Å². The van der Waals surface area contributed by atoms with Crippen molar-refractivity contribution in [1.29, 1.82) is 0 Å². The van der Waals surface area contributed by atoms with Crippen LogP contribution in [0.1, 0.15) is 24.0 Å². The summed E-state index contributed by atoms with van der Waals surface area (Å²) in [6.45, 7) is 1.91. The first-order valence-electron chi connectivity index (χ1n) is 10.0. The van der Waals surface area contributed by atoms with E-state index in [1.54, 1.807) is 21.3 Å². The molecule has 3 rings (SSSR count). The summed E-state index contributed by atoms with van der Waals surface area (Å²) < 4.78 is 33.8. The number of nitrogens with one attached hydrogen (secondary N) is 2. The third kappa shape index (κ3) is 6.61. The lowest BCUT2D eigenvalue weighted by molar-refractivity contribution is -0.121. The van der Waals surface area contributed by atoms with Crippen LogP contribution in [0.2, 0.25) is 0 Å². The van der Waals surface area contributed by atoms with Gasteiger partial charge in [0.05, 0.1) is 25.7 Å². The van der Waals surface area contributed by atoms with Crippen LogP contribution in [0.5, 0.6) is 11.5 Å². The van der Waals surface area contributed by atoms with E-state index in [2.05, 4.69) is 20.5 Å². The summed E-state index contributed by atoms with van der Waals surface area (Å²) in [7, 11) is 1.97. The van der Waals surface area contributed by atoms with Crippen LogP contribution < -0.4 is 20.1 Å². The normalized spacial score (nSPS) is 19.8. The average Bonchev–Trinajstić information content (AvgIpc) is 3.07. The van der Waals surface area contributed by atoms with Gasteiger partial charge in [-0.25, -0.2) is 8.42 Å². The zero-order chi connectivity index (χ0) is 21.7. The van der Waals surface area contributed by atoms with Crippen molar-refractivity contribution in [3.8, 4) is 11.5 Å². The molecule has 174 valence electrons. The van der Waals surface area contributed by atoms with Crippen molar-refractivity contribution in [2.24, 2.45) is 4.99 Å².